The van der Waals surface area contributed by atoms with Crippen molar-refractivity contribution in [3.63, 3.8) is 0 Å². The second kappa shape index (κ2) is 5.42. The Hall–Kier alpha value is -0.920. The lowest BCUT2D eigenvalue weighted by Crippen LogP contribution is -2.33. The molecule has 1 heterocycles. The summed E-state index contributed by atoms with van der Waals surface area (Å²) >= 11 is 5.57. The van der Waals surface area contributed by atoms with Gasteiger partial charge in [0.2, 0.25) is 0 Å². The maximum absolute atomic E-state index is 11.5. The number of anilines is 1. The standard InChI is InChI=1S/C8H13ClN4O2S/c1-6(2)3-11-16(14,15)13-8-5-10-4-7(9)12-8/h4-6,11H,3H2,1-2H3,(H,12,13). The van der Waals surface area contributed by atoms with Gasteiger partial charge in [-0.15, -0.1) is 0 Å². The molecule has 0 radical (unpaired) electrons. The maximum atomic E-state index is 11.5. The minimum absolute atomic E-state index is 0.0868. The molecule has 16 heavy (non-hydrogen) atoms. The molecule has 0 amide bonds. The molecule has 6 nitrogen and oxygen atoms in total. The van der Waals surface area contributed by atoms with E-state index in [1.54, 1.807) is 0 Å². The first-order chi connectivity index (χ1) is 7.39. The highest BCUT2D eigenvalue weighted by Gasteiger charge is 2.11. The average Bonchev–Trinajstić information content (AvgIpc) is 2.14. The molecule has 0 bridgehead atoms. The second-order valence-electron chi connectivity index (χ2n) is 3.57. The van der Waals surface area contributed by atoms with Gasteiger partial charge in [-0.1, -0.05) is 25.4 Å². The van der Waals surface area contributed by atoms with Crippen LogP contribution in [-0.2, 0) is 10.2 Å². The Labute approximate surface area is 99.6 Å². The van der Waals surface area contributed by atoms with Crippen LogP contribution in [0.5, 0.6) is 0 Å². The van der Waals surface area contributed by atoms with Crippen LogP contribution in [0, 0.1) is 5.92 Å². The lowest BCUT2D eigenvalue weighted by molar-refractivity contribution is 0.564. The largest absolute Gasteiger partial charge is 0.300 e. The van der Waals surface area contributed by atoms with Gasteiger partial charge in [-0.25, -0.2) is 4.98 Å². The van der Waals surface area contributed by atoms with E-state index in [0.717, 1.165) is 0 Å². The molecule has 1 aromatic rings. The van der Waals surface area contributed by atoms with Gasteiger partial charge in [0, 0.05) is 6.54 Å². The summed E-state index contributed by atoms with van der Waals surface area (Å²) in [4.78, 5) is 7.47. The van der Waals surface area contributed by atoms with Crippen molar-refractivity contribution in [2.24, 2.45) is 5.92 Å². The van der Waals surface area contributed by atoms with E-state index in [1.165, 1.54) is 12.4 Å². The van der Waals surface area contributed by atoms with Crippen LogP contribution in [0.1, 0.15) is 13.8 Å². The molecular formula is C8H13ClN4O2S. The van der Waals surface area contributed by atoms with E-state index in [0.29, 0.717) is 6.54 Å². The first-order valence-electron chi connectivity index (χ1n) is 4.64. The fourth-order valence-electron chi connectivity index (χ4n) is 0.841. The van der Waals surface area contributed by atoms with Gasteiger partial charge in [0.15, 0.2) is 5.82 Å². The van der Waals surface area contributed by atoms with Crippen molar-refractivity contribution in [1.29, 1.82) is 0 Å². The first kappa shape index (κ1) is 13.1. The Kier molecular flexibility index (Phi) is 4.45. The Balaban J connectivity index is 2.66. The molecule has 1 aromatic heterocycles. The lowest BCUT2D eigenvalue weighted by atomic mass is 10.2. The smallest absolute Gasteiger partial charge is 0.258 e. The van der Waals surface area contributed by atoms with E-state index in [-0.39, 0.29) is 16.9 Å². The fourth-order valence-corrected chi connectivity index (χ4v) is 1.99. The van der Waals surface area contributed by atoms with E-state index in [4.69, 9.17) is 11.6 Å². The Morgan fingerprint density at radius 2 is 2.12 bits per heavy atom. The monoisotopic (exact) mass is 264 g/mol. The quantitative estimate of drug-likeness (QED) is 0.832. The third-order valence-corrected chi connectivity index (χ3v) is 2.73. The normalized spacial score (nSPS) is 11.8. The van der Waals surface area contributed by atoms with E-state index >= 15 is 0 Å². The summed E-state index contributed by atoms with van der Waals surface area (Å²) in [5.74, 6) is 0.311. The third-order valence-electron chi connectivity index (χ3n) is 1.53. The summed E-state index contributed by atoms with van der Waals surface area (Å²) in [6.07, 6.45) is 2.60. The SMILES string of the molecule is CC(C)CNS(=O)(=O)Nc1cncc(Cl)n1. The average molecular weight is 265 g/mol. The molecule has 0 aliphatic heterocycles. The minimum Gasteiger partial charge on any atom is -0.258 e. The minimum atomic E-state index is -3.61. The lowest BCUT2D eigenvalue weighted by Gasteiger charge is -2.09. The van der Waals surface area contributed by atoms with Crippen LogP contribution in [0.4, 0.5) is 5.82 Å². The van der Waals surface area contributed by atoms with Gasteiger partial charge < -0.3 is 0 Å². The summed E-state index contributed by atoms with van der Waals surface area (Å²) in [6.45, 7) is 4.16. The van der Waals surface area contributed by atoms with E-state index in [2.05, 4.69) is 19.4 Å². The number of aromatic nitrogens is 2. The first-order valence-corrected chi connectivity index (χ1v) is 6.50. The van der Waals surface area contributed by atoms with Crippen LogP contribution < -0.4 is 9.44 Å². The van der Waals surface area contributed by atoms with Crippen LogP contribution in [0.2, 0.25) is 5.15 Å². The van der Waals surface area contributed by atoms with Gasteiger partial charge in [-0.3, -0.25) is 9.71 Å². The van der Waals surface area contributed by atoms with Crippen molar-refractivity contribution in [3.05, 3.63) is 17.5 Å². The van der Waals surface area contributed by atoms with Crippen molar-refractivity contribution in [2.75, 3.05) is 11.3 Å². The Morgan fingerprint density at radius 3 is 2.69 bits per heavy atom. The van der Waals surface area contributed by atoms with Crippen molar-refractivity contribution in [1.82, 2.24) is 14.7 Å². The maximum Gasteiger partial charge on any atom is 0.300 e. The zero-order chi connectivity index (χ0) is 12.2. The van der Waals surface area contributed by atoms with Crippen molar-refractivity contribution in [3.8, 4) is 0 Å². The molecule has 0 saturated heterocycles. The van der Waals surface area contributed by atoms with Gasteiger partial charge in [-0.05, 0) is 5.92 Å². The van der Waals surface area contributed by atoms with Crippen LogP contribution >= 0.6 is 11.6 Å². The third kappa shape index (κ3) is 4.73. The Bertz CT molecular complexity index is 449. The number of halogens is 1. The van der Waals surface area contributed by atoms with Gasteiger partial charge in [0.25, 0.3) is 10.2 Å². The molecule has 90 valence electrons. The number of nitrogens with zero attached hydrogens (tertiary/aromatic N) is 2. The predicted molar refractivity (Wildman–Crippen MR) is 62.4 cm³/mol. The molecule has 0 aliphatic rings. The summed E-state index contributed by atoms with van der Waals surface area (Å²) in [5.41, 5.74) is 0. The molecule has 0 aromatic carbocycles. The van der Waals surface area contributed by atoms with Crippen LogP contribution in [0.25, 0.3) is 0 Å². The molecule has 2 N–H and O–H groups in total. The summed E-state index contributed by atoms with van der Waals surface area (Å²) in [6, 6.07) is 0. The summed E-state index contributed by atoms with van der Waals surface area (Å²) in [7, 11) is -3.61. The number of nitrogens with one attached hydrogen (secondary N) is 2. The molecule has 0 aliphatic carbocycles. The fraction of sp³-hybridized carbons (Fsp3) is 0.500. The molecule has 0 unspecified atom stereocenters. The molecule has 0 spiro atoms. The molecule has 1 rings (SSSR count). The number of rotatable bonds is 5. The molecule has 0 saturated carbocycles. The second-order valence-corrected chi connectivity index (χ2v) is 5.46. The zero-order valence-electron chi connectivity index (χ0n) is 8.94. The summed E-state index contributed by atoms with van der Waals surface area (Å²) in [5, 5.41) is 0.129. The number of hydrogen-bond acceptors (Lipinski definition) is 4. The van der Waals surface area contributed by atoms with E-state index in [1.807, 2.05) is 13.8 Å². The number of hydrogen-bond donors (Lipinski definition) is 2. The predicted octanol–water partition coefficient (Wildman–Crippen LogP) is 1.03. The van der Waals surface area contributed by atoms with E-state index < -0.39 is 10.2 Å². The van der Waals surface area contributed by atoms with Crippen molar-refractivity contribution in [2.45, 2.75) is 13.8 Å². The molecule has 0 fully saturated rings. The van der Waals surface area contributed by atoms with Crippen molar-refractivity contribution < 1.29 is 8.42 Å². The highest BCUT2D eigenvalue weighted by molar-refractivity contribution is 7.90. The highest BCUT2D eigenvalue weighted by atomic mass is 35.5. The van der Waals surface area contributed by atoms with E-state index in [9.17, 15) is 8.42 Å². The Morgan fingerprint density at radius 1 is 1.44 bits per heavy atom. The molecule has 8 heteroatoms. The van der Waals surface area contributed by atoms with Gasteiger partial charge >= 0.3 is 0 Å². The van der Waals surface area contributed by atoms with Gasteiger partial charge in [0.05, 0.1) is 12.4 Å². The zero-order valence-corrected chi connectivity index (χ0v) is 10.5. The van der Waals surface area contributed by atoms with Crippen LogP contribution in [0.3, 0.4) is 0 Å². The van der Waals surface area contributed by atoms with Crippen molar-refractivity contribution >= 4 is 27.6 Å². The summed E-state index contributed by atoms with van der Waals surface area (Å²) < 4.78 is 27.6. The molecule has 0 atom stereocenters. The van der Waals surface area contributed by atoms with Crippen LogP contribution in [-0.4, -0.2) is 24.9 Å². The molecular weight excluding hydrogens is 252 g/mol. The van der Waals surface area contributed by atoms with Gasteiger partial charge in [0.1, 0.15) is 5.15 Å². The topological polar surface area (TPSA) is 84.0 Å². The van der Waals surface area contributed by atoms with Gasteiger partial charge in [-0.2, -0.15) is 13.1 Å². The van der Waals surface area contributed by atoms with Crippen LogP contribution in [0.15, 0.2) is 12.4 Å². The highest BCUT2D eigenvalue weighted by Crippen LogP contribution is 2.07.